The second-order valence-corrected chi connectivity index (χ2v) is 8.25. The van der Waals surface area contributed by atoms with E-state index in [2.05, 4.69) is 10.4 Å². The minimum atomic E-state index is -1.27. The van der Waals surface area contributed by atoms with Gasteiger partial charge in [0.05, 0.1) is 25.9 Å². The Morgan fingerprint density at radius 2 is 1.87 bits per heavy atom. The molecular formula is C24H25FN6O7. The van der Waals surface area contributed by atoms with E-state index in [-0.39, 0.29) is 29.1 Å². The van der Waals surface area contributed by atoms with Crippen LogP contribution in [0.4, 0.5) is 14.9 Å². The maximum Gasteiger partial charge on any atom is 0.377 e. The number of nitrogens with zero attached hydrogens (tertiary/aromatic N) is 6. The number of hydrogen-bond acceptors (Lipinski definition) is 8. The number of hydrogen-bond donors (Lipinski definition) is 1. The van der Waals surface area contributed by atoms with Crippen molar-refractivity contribution in [2.24, 2.45) is 0 Å². The minimum absolute atomic E-state index is 0.0882. The van der Waals surface area contributed by atoms with Crippen LogP contribution < -0.4 is 15.3 Å². The predicted molar refractivity (Wildman–Crippen MR) is 131 cm³/mol. The molecule has 13 nitrogen and oxygen atoms in total. The van der Waals surface area contributed by atoms with Gasteiger partial charge < -0.3 is 19.5 Å². The molecular weight excluding hydrogens is 503 g/mol. The molecule has 1 saturated heterocycles. The summed E-state index contributed by atoms with van der Waals surface area (Å²) in [6.45, 7) is 3.11. The van der Waals surface area contributed by atoms with E-state index in [0.717, 1.165) is 11.0 Å². The van der Waals surface area contributed by atoms with E-state index >= 15 is 0 Å². The van der Waals surface area contributed by atoms with Gasteiger partial charge in [0.1, 0.15) is 22.8 Å². The zero-order chi connectivity index (χ0) is 27.4. The molecule has 2 amide bonds. The van der Waals surface area contributed by atoms with Gasteiger partial charge in [-0.25, -0.2) is 18.8 Å². The molecule has 1 fully saturated rings. The highest BCUT2D eigenvalue weighted by atomic mass is 19.1. The Kier molecular flexibility index (Phi) is 7.81. The van der Waals surface area contributed by atoms with E-state index in [0.29, 0.717) is 42.1 Å². The zero-order valence-electron chi connectivity index (χ0n) is 20.7. The molecule has 1 N–H and O–H groups in total. The number of tetrazole rings is 1. The van der Waals surface area contributed by atoms with Gasteiger partial charge in [-0.1, -0.05) is 13.0 Å². The van der Waals surface area contributed by atoms with E-state index < -0.39 is 35.1 Å². The first-order valence-electron chi connectivity index (χ1n) is 11.7. The Morgan fingerprint density at radius 3 is 2.53 bits per heavy atom. The number of methoxy groups -OCH3 is 1. The number of carboxylic acid groups (broad SMARTS) is 1. The first-order chi connectivity index (χ1) is 18.3. The number of anilines is 1. The SMILES string of the molecule is CCCN(C(=O)n1nnn(-c2c(F)cccc2C(=O)N2CCOCC2)c1=O)c1ccc(OC)c(C(=O)O)c1. The zero-order valence-corrected chi connectivity index (χ0v) is 20.7. The van der Waals surface area contributed by atoms with E-state index in [9.17, 15) is 28.7 Å². The number of carbonyl (C=O) groups is 3. The summed E-state index contributed by atoms with van der Waals surface area (Å²) in [5, 5.41) is 16.8. The second-order valence-electron chi connectivity index (χ2n) is 8.25. The molecule has 1 aliphatic rings. The number of rotatable bonds is 7. The molecule has 2 heterocycles. The lowest BCUT2D eigenvalue weighted by Gasteiger charge is -2.27. The van der Waals surface area contributed by atoms with Crippen LogP contribution in [0, 0.1) is 5.82 Å². The molecule has 0 unspecified atom stereocenters. The van der Waals surface area contributed by atoms with Gasteiger partial charge in [-0.3, -0.25) is 9.69 Å². The Balaban J connectivity index is 1.74. The van der Waals surface area contributed by atoms with Gasteiger partial charge in [-0.2, -0.15) is 4.68 Å². The molecule has 0 saturated carbocycles. The smallest absolute Gasteiger partial charge is 0.377 e. The average Bonchev–Trinajstić information content (AvgIpc) is 3.31. The van der Waals surface area contributed by atoms with Crippen LogP contribution in [0.5, 0.6) is 5.75 Å². The summed E-state index contributed by atoms with van der Waals surface area (Å²) < 4.78 is 26.3. The number of aromatic nitrogens is 4. The molecule has 0 spiro atoms. The summed E-state index contributed by atoms with van der Waals surface area (Å²) in [6.07, 6.45) is 0.453. The average molecular weight is 528 g/mol. The van der Waals surface area contributed by atoms with Crippen molar-refractivity contribution in [3.63, 3.8) is 0 Å². The lowest BCUT2D eigenvalue weighted by molar-refractivity contribution is 0.0302. The van der Waals surface area contributed by atoms with Crippen molar-refractivity contribution >= 4 is 23.6 Å². The summed E-state index contributed by atoms with van der Waals surface area (Å²) in [5.74, 6) is -2.61. The summed E-state index contributed by atoms with van der Waals surface area (Å²) in [4.78, 5) is 54.0. The quantitative estimate of drug-likeness (QED) is 0.452. The van der Waals surface area contributed by atoms with Crippen LogP contribution in [0.15, 0.2) is 41.2 Å². The molecule has 4 rings (SSSR count). The van der Waals surface area contributed by atoms with E-state index in [1.165, 1.54) is 42.3 Å². The van der Waals surface area contributed by atoms with Crippen molar-refractivity contribution in [1.82, 2.24) is 24.7 Å². The van der Waals surface area contributed by atoms with Crippen LogP contribution >= 0.6 is 0 Å². The standard InChI is InChI=1S/C24H25FN6O7/c1-3-9-29(15-7-8-19(37-2)17(14-15)22(33)34)23(35)31-24(36)30(26-27-31)20-16(5-4-6-18(20)25)21(32)28-10-12-38-13-11-28/h4-8,14H,3,9-13H2,1-2H3,(H,33,34). The molecule has 1 aromatic heterocycles. The summed E-state index contributed by atoms with van der Waals surface area (Å²) in [5.41, 5.74) is -1.69. The number of benzene rings is 2. The van der Waals surface area contributed by atoms with Gasteiger partial charge in [0, 0.05) is 25.3 Å². The molecule has 2 aromatic carbocycles. The first kappa shape index (κ1) is 26.5. The third-order valence-electron chi connectivity index (χ3n) is 5.89. The highest BCUT2D eigenvalue weighted by Crippen LogP contribution is 2.26. The summed E-state index contributed by atoms with van der Waals surface area (Å²) in [7, 11) is 1.31. The Bertz CT molecular complexity index is 1430. The van der Waals surface area contributed by atoms with Gasteiger partial charge in [-0.15, -0.1) is 4.68 Å². The van der Waals surface area contributed by atoms with E-state index in [1.807, 2.05) is 0 Å². The number of halogens is 1. The van der Waals surface area contributed by atoms with Crippen molar-refractivity contribution in [1.29, 1.82) is 0 Å². The first-order valence-corrected chi connectivity index (χ1v) is 11.7. The normalized spacial score (nSPS) is 13.3. The van der Waals surface area contributed by atoms with E-state index in [1.54, 1.807) is 6.92 Å². The number of carbonyl (C=O) groups excluding carboxylic acids is 2. The topological polar surface area (TPSA) is 149 Å². The van der Waals surface area contributed by atoms with Crippen LogP contribution in [-0.2, 0) is 4.74 Å². The molecule has 200 valence electrons. The van der Waals surface area contributed by atoms with Crippen molar-refractivity contribution in [2.75, 3.05) is 44.9 Å². The number of morpholine rings is 1. The van der Waals surface area contributed by atoms with Crippen LogP contribution in [-0.4, -0.2) is 87.7 Å². The largest absolute Gasteiger partial charge is 0.496 e. The van der Waals surface area contributed by atoms with Crippen LogP contribution in [0.1, 0.15) is 34.1 Å². The predicted octanol–water partition coefficient (Wildman–Crippen LogP) is 1.63. The molecule has 0 aliphatic carbocycles. The summed E-state index contributed by atoms with van der Waals surface area (Å²) >= 11 is 0. The number of ether oxygens (including phenoxy) is 2. The minimum Gasteiger partial charge on any atom is -0.496 e. The van der Waals surface area contributed by atoms with Crippen molar-refractivity contribution in [2.45, 2.75) is 13.3 Å². The Labute approximate surface area is 215 Å². The maximum absolute atomic E-state index is 15.0. The lowest BCUT2D eigenvalue weighted by atomic mass is 10.1. The van der Waals surface area contributed by atoms with Crippen LogP contribution in [0.3, 0.4) is 0 Å². The fourth-order valence-corrected chi connectivity index (χ4v) is 4.05. The van der Waals surface area contributed by atoms with Crippen LogP contribution in [0.2, 0.25) is 0 Å². The van der Waals surface area contributed by atoms with Gasteiger partial charge in [0.25, 0.3) is 5.91 Å². The van der Waals surface area contributed by atoms with E-state index in [4.69, 9.17) is 9.47 Å². The fraction of sp³-hybridized carbons (Fsp3) is 0.333. The third-order valence-corrected chi connectivity index (χ3v) is 5.89. The molecule has 1 aliphatic heterocycles. The molecule has 38 heavy (non-hydrogen) atoms. The molecule has 14 heteroatoms. The summed E-state index contributed by atoms with van der Waals surface area (Å²) in [6, 6.07) is 6.90. The van der Waals surface area contributed by atoms with Crippen LogP contribution in [0.25, 0.3) is 5.69 Å². The van der Waals surface area contributed by atoms with Crippen molar-refractivity contribution < 1.29 is 33.4 Å². The molecule has 0 atom stereocenters. The number of amides is 2. The third kappa shape index (κ3) is 4.98. The lowest BCUT2D eigenvalue weighted by Crippen LogP contribution is -2.42. The van der Waals surface area contributed by atoms with Crippen molar-refractivity contribution in [3.05, 3.63) is 63.8 Å². The van der Waals surface area contributed by atoms with Gasteiger partial charge >= 0.3 is 17.7 Å². The highest BCUT2D eigenvalue weighted by molar-refractivity contribution is 5.98. The molecule has 0 radical (unpaired) electrons. The monoisotopic (exact) mass is 528 g/mol. The highest BCUT2D eigenvalue weighted by Gasteiger charge is 2.29. The molecule has 3 aromatic rings. The Morgan fingerprint density at radius 1 is 1.13 bits per heavy atom. The molecule has 0 bridgehead atoms. The number of carboxylic acids is 1. The fourth-order valence-electron chi connectivity index (χ4n) is 4.05. The van der Waals surface area contributed by atoms with Gasteiger partial charge in [0.2, 0.25) is 0 Å². The van der Waals surface area contributed by atoms with Gasteiger partial charge in [0.15, 0.2) is 0 Å². The Hall–Kier alpha value is -4.59. The second kappa shape index (κ2) is 11.2. The number of para-hydroxylation sites is 1. The van der Waals surface area contributed by atoms with Crippen molar-refractivity contribution in [3.8, 4) is 11.4 Å². The van der Waals surface area contributed by atoms with Gasteiger partial charge in [-0.05, 0) is 47.2 Å². The maximum atomic E-state index is 15.0. The number of aromatic carboxylic acids is 1.